The number of nitrogens with two attached hydrogens (primary N) is 1. The van der Waals surface area contributed by atoms with Gasteiger partial charge in [-0.05, 0) is 43.0 Å². The fourth-order valence-electron chi connectivity index (χ4n) is 4.92. The smallest absolute Gasteiger partial charge is 0.306 e. The Labute approximate surface area is 239 Å². The maximum atomic E-state index is 13.2. The van der Waals surface area contributed by atoms with E-state index in [2.05, 4.69) is 10.2 Å². The van der Waals surface area contributed by atoms with E-state index >= 15 is 0 Å². The van der Waals surface area contributed by atoms with E-state index in [0.29, 0.717) is 41.6 Å². The van der Waals surface area contributed by atoms with Crippen molar-refractivity contribution in [2.75, 3.05) is 34.5 Å². The molecule has 1 saturated heterocycles. The highest BCUT2D eigenvalue weighted by Gasteiger charge is 2.40. The minimum atomic E-state index is -0.455. The lowest BCUT2D eigenvalue weighted by molar-refractivity contribution is -0.144. The number of nitrogens with zero attached hydrogens (tertiary/aromatic N) is 3. The van der Waals surface area contributed by atoms with Crippen molar-refractivity contribution >= 4 is 17.7 Å². The van der Waals surface area contributed by atoms with Crippen molar-refractivity contribution in [1.29, 1.82) is 5.41 Å². The van der Waals surface area contributed by atoms with Gasteiger partial charge in [0.25, 0.3) is 0 Å². The molecule has 3 aromatic rings. The van der Waals surface area contributed by atoms with E-state index in [1.807, 2.05) is 30.3 Å². The molecule has 1 aliphatic rings. The Balaban J connectivity index is 1.39. The number of hydrogen-bond acceptors (Lipinski definition) is 9. The van der Waals surface area contributed by atoms with Gasteiger partial charge in [0.05, 0.1) is 45.4 Å². The number of nitrogen functional groups attached to an aromatic ring is 1. The van der Waals surface area contributed by atoms with Crippen LogP contribution in [0.3, 0.4) is 0 Å². The third-order valence-electron chi connectivity index (χ3n) is 7.14. The summed E-state index contributed by atoms with van der Waals surface area (Å²) >= 11 is 0. The van der Waals surface area contributed by atoms with E-state index in [9.17, 15) is 9.59 Å². The van der Waals surface area contributed by atoms with Crippen molar-refractivity contribution in [1.82, 2.24) is 15.1 Å². The molecule has 1 fully saturated rings. The van der Waals surface area contributed by atoms with Gasteiger partial charge >= 0.3 is 5.97 Å². The number of amides is 1. The third-order valence-corrected chi connectivity index (χ3v) is 7.14. The highest BCUT2D eigenvalue weighted by Crippen LogP contribution is 2.30. The molecule has 4 rings (SSSR count). The van der Waals surface area contributed by atoms with E-state index < -0.39 is 11.9 Å². The van der Waals surface area contributed by atoms with Crippen LogP contribution in [0, 0.1) is 11.3 Å². The highest BCUT2D eigenvalue weighted by molar-refractivity contribution is 5.95. The van der Waals surface area contributed by atoms with Crippen LogP contribution in [0.2, 0.25) is 0 Å². The zero-order valence-corrected chi connectivity index (χ0v) is 23.5. The van der Waals surface area contributed by atoms with E-state index in [0.717, 1.165) is 24.0 Å². The van der Waals surface area contributed by atoms with Crippen molar-refractivity contribution in [3.8, 4) is 28.6 Å². The Morgan fingerprint density at radius 1 is 1.02 bits per heavy atom. The van der Waals surface area contributed by atoms with Crippen molar-refractivity contribution in [3.05, 3.63) is 65.7 Å². The summed E-state index contributed by atoms with van der Waals surface area (Å²) in [4.78, 5) is 27.0. The van der Waals surface area contributed by atoms with Gasteiger partial charge in [0.15, 0.2) is 11.5 Å². The zero-order chi connectivity index (χ0) is 29.4. The van der Waals surface area contributed by atoms with Gasteiger partial charge in [-0.3, -0.25) is 15.0 Å². The standard InChI is InChI=1S/C30H35N5O6/c1-38-25-12-6-19(15-26(25)39-2)5-4-14-35-23(16-22(30(35)37)17-28(36)40-3)18-41-27-13-11-24(33-34-27)20-7-9-21(10-8-20)29(31)32/h6-13,15,22-23H,4-5,14,16-18H2,1-3H3,(H3,31,32)/t22-,23-/m0/s1. The van der Waals surface area contributed by atoms with Gasteiger partial charge in [-0.25, -0.2) is 0 Å². The molecule has 0 bridgehead atoms. The van der Waals surface area contributed by atoms with Crippen LogP contribution in [-0.4, -0.2) is 73.3 Å². The fourth-order valence-corrected chi connectivity index (χ4v) is 4.92. The molecule has 1 amide bonds. The predicted octanol–water partition coefficient (Wildman–Crippen LogP) is 3.24. The normalized spacial score (nSPS) is 16.4. The first-order valence-electron chi connectivity index (χ1n) is 13.3. The molecule has 2 heterocycles. The van der Waals surface area contributed by atoms with Crippen molar-refractivity contribution in [2.24, 2.45) is 11.7 Å². The number of rotatable bonds is 13. The van der Waals surface area contributed by atoms with Crippen LogP contribution >= 0.6 is 0 Å². The second-order valence-electron chi connectivity index (χ2n) is 9.75. The van der Waals surface area contributed by atoms with E-state index in [-0.39, 0.29) is 30.8 Å². The summed E-state index contributed by atoms with van der Waals surface area (Å²) in [5.74, 6) is 0.717. The fraction of sp³-hybridized carbons (Fsp3) is 0.367. The molecule has 0 saturated carbocycles. The van der Waals surface area contributed by atoms with Crippen LogP contribution in [0.4, 0.5) is 0 Å². The molecular formula is C30H35N5O6. The molecule has 0 unspecified atom stereocenters. The van der Waals surface area contributed by atoms with Gasteiger partial charge in [-0.2, -0.15) is 0 Å². The minimum absolute atomic E-state index is 0.000563. The summed E-state index contributed by atoms with van der Waals surface area (Å²) in [5.41, 5.74) is 8.71. The Morgan fingerprint density at radius 3 is 2.41 bits per heavy atom. The van der Waals surface area contributed by atoms with E-state index in [4.69, 9.17) is 30.1 Å². The lowest BCUT2D eigenvalue weighted by Crippen LogP contribution is -2.38. The molecule has 11 heteroatoms. The second-order valence-corrected chi connectivity index (χ2v) is 9.75. The van der Waals surface area contributed by atoms with Crippen LogP contribution in [0.5, 0.6) is 17.4 Å². The summed E-state index contributed by atoms with van der Waals surface area (Å²) in [7, 11) is 4.52. The van der Waals surface area contributed by atoms with Gasteiger partial charge < -0.3 is 29.6 Å². The SMILES string of the molecule is COC(=O)C[C@@H]1C[C@@H](COc2ccc(-c3ccc(C(=N)N)cc3)nn2)N(CCCc2ccc(OC)c(OC)c2)C1=O. The number of methoxy groups -OCH3 is 3. The Hall–Kier alpha value is -4.67. The van der Waals surface area contributed by atoms with Crippen molar-refractivity contribution < 1.29 is 28.5 Å². The summed E-state index contributed by atoms with van der Waals surface area (Å²) < 4.78 is 21.5. The largest absolute Gasteiger partial charge is 0.493 e. The van der Waals surface area contributed by atoms with Gasteiger partial charge in [0.1, 0.15) is 12.4 Å². The summed E-state index contributed by atoms with van der Waals surface area (Å²) in [6, 6.07) is 16.3. The summed E-state index contributed by atoms with van der Waals surface area (Å²) in [6.45, 7) is 0.737. The van der Waals surface area contributed by atoms with E-state index in [1.54, 1.807) is 43.4 Å². The number of hydrogen-bond donors (Lipinski definition) is 2. The quantitative estimate of drug-likeness (QED) is 0.182. The molecule has 11 nitrogen and oxygen atoms in total. The first kappa shape index (κ1) is 29.3. The molecule has 0 spiro atoms. The highest BCUT2D eigenvalue weighted by atomic mass is 16.5. The number of amidine groups is 1. The molecular weight excluding hydrogens is 526 g/mol. The van der Waals surface area contributed by atoms with Crippen molar-refractivity contribution in [3.63, 3.8) is 0 Å². The summed E-state index contributed by atoms with van der Waals surface area (Å²) in [6.07, 6.45) is 1.98. The van der Waals surface area contributed by atoms with E-state index in [1.165, 1.54) is 7.11 Å². The lowest BCUT2D eigenvalue weighted by atomic mass is 10.0. The first-order valence-corrected chi connectivity index (χ1v) is 13.3. The Bertz CT molecular complexity index is 1360. The molecule has 2 atom stereocenters. The van der Waals surface area contributed by atoms with Crippen LogP contribution in [0.25, 0.3) is 11.3 Å². The van der Waals surface area contributed by atoms with Crippen LogP contribution in [0.15, 0.2) is 54.6 Å². The van der Waals surface area contributed by atoms with Crippen LogP contribution in [-0.2, 0) is 20.7 Å². The number of carbonyl (C=O) groups is 2. The number of aromatic nitrogens is 2. The van der Waals surface area contributed by atoms with Gasteiger partial charge in [0.2, 0.25) is 11.8 Å². The van der Waals surface area contributed by atoms with Gasteiger partial charge in [-0.15, -0.1) is 10.2 Å². The van der Waals surface area contributed by atoms with Crippen LogP contribution < -0.4 is 19.9 Å². The second kappa shape index (κ2) is 13.6. The van der Waals surface area contributed by atoms with Crippen LogP contribution in [0.1, 0.15) is 30.4 Å². The third kappa shape index (κ3) is 7.30. The lowest BCUT2D eigenvalue weighted by Gasteiger charge is -2.24. The topological polar surface area (TPSA) is 150 Å². The van der Waals surface area contributed by atoms with Gasteiger partial charge in [-0.1, -0.05) is 30.3 Å². The molecule has 0 aliphatic carbocycles. The number of likely N-dealkylation sites (tertiary alicyclic amines) is 1. The molecule has 41 heavy (non-hydrogen) atoms. The Kier molecular flexibility index (Phi) is 9.73. The Morgan fingerprint density at radius 2 is 1.78 bits per heavy atom. The van der Waals surface area contributed by atoms with Crippen molar-refractivity contribution in [2.45, 2.75) is 31.7 Å². The zero-order valence-electron chi connectivity index (χ0n) is 23.5. The number of nitrogens with one attached hydrogen (secondary N) is 1. The molecule has 1 aliphatic heterocycles. The average molecular weight is 562 g/mol. The molecule has 2 aromatic carbocycles. The average Bonchev–Trinajstić information content (AvgIpc) is 3.29. The maximum Gasteiger partial charge on any atom is 0.306 e. The monoisotopic (exact) mass is 561 g/mol. The molecule has 1 aromatic heterocycles. The number of carbonyl (C=O) groups excluding carboxylic acids is 2. The van der Waals surface area contributed by atoms with Gasteiger partial charge in [0, 0.05) is 23.7 Å². The maximum absolute atomic E-state index is 13.2. The first-order chi connectivity index (χ1) is 19.8. The number of ether oxygens (including phenoxy) is 4. The predicted molar refractivity (Wildman–Crippen MR) is 152 cm³/mol. The molecule has 3 N–H and O–H groups in total. The molecule has 0 radical (unpaired) electrons. The minimum Gasteiger partial charge on any atom is -0.493 e. The summed E-state index contributed by atoms with van der Waals surface area (Å²) in [5, 5.41) is 16.0. The number of esters is 1. The number of benzene rings is 2. The molecule has 216 valence electrons. The number of aryl methyl sites for hydroxylation is 1.